The second-order valence-corrected chi connectivity index (χ2v) is 7.52. The van der Waals surface area contributed by atoms with Gasteiger partial charge in [-0.1, -0.05) is 11.6 Å². The van der Waals surface area contributed by atoms with Gasteiger partial charge in [-0.25, -0.2) is 19.2 Å². The van der Waals surface area contributed by atoms with Gasteiger partial charge >= 0.3 is 12.1 Å². The van der Waals surface area contributed by atoms with Gasteiger partial charge in [0.25, 0.3) is 0 Å². The average Bonchev–Trinajstić information content (AvgIpc) is 2.76. The minimum Gasteiger partial charge on any atom is -0.489 e. The number of benzene rings is 2. The van der Waals surface area contributed by atoms with Crippen molar-refractivity contribution in [2.24, 2.45) is 0 Å². The van der Waals surface area contributed by atoms with Crippen molar-refractivity contribution in [2.45, 2.75) is 25.1 Å². The Hall–Kier alpha value is -3.18. The molecule has 1 aromatic heterocycles. The number of hydrogen-bond donors (Lipinski definition) is 1. The van der Waals surface area contributed by atoms with E-state index < -0.39 is 18.0 Å². The van der Waals surface area contributed by atoms with E-state index in [1.807, 2.05) is 0 Å². The van der Waals surface area contributed by atoms with Crippen molar-refractivity contribution >= 4 is 40.0 Å². The number of halogens is 5. The van der Waals surface area contributed by atoms with Crippen LogP contribution in [-0.4, -0.2) is 41.4 Å². The van der Waals surface area contributed by atoms with Crippen LogP contribution in [0.5, 0.6) is 11.5 Å². The molecule has 1 fully saturated rings. The van der Waals surface area contributed by atoms with Crippen molar-refractivity contribution in [3.63, 3.8) is 0 Å². The molecule has 1 aliphatic rings. The average molecular weight is 486 g/mol. The largest absolute Gasteiger partial charge is 0.491 e. The molecule has 12 heteroatoms. The third-order valence-electron chi connectivity index (χ3n) is 4.76. The van der Waals surface area contributed by atoms with Gasteiger partial charge in [-0.15, -0.1) is 0 Å². The minimum absolute atomic E-state index is 0.112. The predicted octanol–water partition coefficient (Wildman–Crippen LogP) is 5.19. The molecule has 3 aromatic rings. The third kappa shape index (κ3) is 5.42. The van der Waals surface area contributed by atoms with E-state index in [0.717, 1.165) is 0 Å². The van der Waals surface area contributed by atoms with Crippen molar-refractivity contribution in [3.05, 3.63) is 47.5 Å². The van der Waals surface area contributed by atoms with Gasteiger partial charge in [0.2, 0.25) is 0 Å². The highest BCUT2D eigenvalue weighted by Crippen LogP contribution is 2.37. The molecule has 4 rings (SSSR count). The van der Waals surface area contributed by atoms with Gasteiger partial charge in [-0.05, 0) is 18.2 Å². The Balaban J connectivity index is 1.76. The zero-order valence-electron chi connectivity index (χ0n) is 16.8. The Morgan fingerprint density at radius 3 is 2.61 bits per heavy atom. The lowest BCUT2D eigenvalue weighted by molar-refractivity contribution is -0.189. The Morgan fingerprint density at radius 2 is 1.91 bits per heavy atom. The first-order valence-corrected chi connectivity index (χ1v) is 10.1. The van der Waals surface area contributed by atoms with Gasteiger partial charge in [-0.2, -0.15) is 13.2 Å². The van der Waals surface area contributed by atoms with Gasteiger partial charge in [0.1, 0.15) is 35.6 Å². The van der Waals surface area contributed by atoms with Crippen LogP contribution in [0.15, 0.2) is 36.7 Å². The number of aromatic nitrogens is 2. The summed E-state index contributed by atoms with van der Waals surface area (Å²) in [5.74, 6) is -3.01. The topological polar surface area (TPSA) is 82.6 Å². The predicted molar refractivity (Wildman–Crippen MR) is 110 cm³/mol. The maximum absolute atomic E-state index is 13.5. The summed E-state index contributed by atoms with van der Waals surface area (Å²) < 4.78 is 67.4. The number of fused-ring (bicyclic) bond motifs is 1. The van der Waals surface area contributed by atoms with Crippen LogP contribution in [0.2, 0.25) is 5.02 Å². The van der Waals surface area contributed by atoms with Crippen LogP contribution in [0.25, 0.3) is 10.9 Å². The maximum atomic E-state index is 13.5. The first kappa shape index (κ1) is 23.0. The third-order valence-corrected chi connectivity index (χ3v) is 5.05. The highest BCUT2D eigenvalue weighted by molar-refractivity contribution is 6.31. The Bertz CT molecular complexity index is 1190. The van der Waals surface area contributed by atoms with Crippen LogP contribution >= 0.6 is 11.6 Å². The molecule has 0 spiro atoms. The van der Waals surface area contributed by atoms with Gasteiger partial charge in [-0.3, -0.25) is 0 Å². The molecule has 1 aliphatic heterocycles. The standard InChI is InChI=1S/C21H16ClF4N3O4/c22-14-7-11(1-2-15(14)23)29-19-18-16(27-10-28-19)8-13(33-20(30)21(24,25)26)9-17(18)32-12-3-5-31-6-4-12/h1-2,7-10,12H,3-6H2,(H,27,28,29). The molecule has 0 saturated carbocycles. The zero-order chi connectivity index (χ0) is 23.6. The normalized spacial score (nSPS) is 14.8. The SMILES string of the molecule is O=C(Oc1cc(OC2CCOCC2)c2c(Nc3ccc(F)c(Cl)c3)ncnc2c1)C(F)(F)F. The lowest BCUT2D eigenvalue weighted by Crippen LogP contribution is -2.28. The van der Waals surface area contributed by atoms with Crippen molar-refractivity contribution in [3.8, 4) is 11.5 Å². The van der Waals surface area contributed by atoms with Gasteiger partial charge < -0.3 is 19.5 Å². The van der Waals surface area contributed by atoms with E-state index in [1.54, 1.807) is 0 Å². The first-order valence-electron chi connectivity index (χ1n) is 9.75. The molecular weight excluding hydrogens is 470 g/mol. The molecule has 2 heterocycles. The fraction of sp³-hybridized carbons (Fsp3) is 0.286. The van der Waals surface area contributed by atoms with Crippen LogP contribution in [0.3, 0.4) is 0 Å². The summed E-state index contributed by atoms with van der Waals surface area (Å²) in [5, 5.41) is 3.20. The van der Waals surface area contributed by atoms with E-state index in [9.17, 15) is 22.4 Å². The van der Waals surface area contributed by atoms with Gasteiger partial charge in [0, 0.05) is 30.7 Å². The number of alkyl halides is 3. The monoisotopic (exact) mass is 485 g/mol. The van der Waals surface area contributed by atoms with E-state index in [2.05, 4.69) is 20.0 Å². The number of esters is 1. The van der Waals surface area contributed by atoms with E-state index in [4.69, 9.17) is 21.1 Å². The summed E-state index contributed by atoms with van der Waals surface area (Å²) in [7, 11) is 0. The maximum Gasteiger partial charge on any atom is 0.491 e. The molecule has 0 radical (unpaired) electrons. The Morgan fingerprint density at radius 1 is 1.15 bits per heavy atom. The number of hydrogen-bond acceptors (Lipinski definition) is 7. The number of carbonyl (C=O) groups excluding carboxylic acids is 1. The zero-order valence-corrected chi connectivity index (χ0v) is 17.5. The fourth-order valence-corrected chi connectivity index (χ4v) is 3.41. The Labute approximate surface area is 189 Å². The van der Waals surface area contributed by atoms with Crippen molar-refractivity contribution in [1.82, 2.24) is 9.97 Å². The van der Waals surface area contributed by atoms with Crippen LogP contribution in [0.4, 0.5) is 29.1 Å². The van der Waals surface area contributed by atoms with Crippen molar-refractivity contribution in [1.29, 1.82) is 0 Å². The molecule has 1 N–H and O–H groups in total. The smallest absolute Gasteiger partial charge is 0.489 e. The van der Waals surface area contributed by atoms with E-state index >= 15 is 0 Å². The fourth-order valence-electron chi connectivity index (χ4n) is 3.22. The molecule has 0 bridgehead atoms. The summed E-state index contributed by atoms with van der Waals surface area (Å²) in [6, 6.07) is 6.30. The summed E-state index contributed by atoms with van der Waals surface area (Å²) in [6.07, 6.45) is -3.18. The highest BCUT2D eigenvalue weighted by atomic mass is 35.5. The summed E-state index contributed by atoms with van der Waals surface area (Å²) in [4.78, 5) is 19.6. The van der Waals surface area contributed by atoms with E-state index in [-0.39, 0.29) is 34.0 Å². The number of anilines is 2. The van der Waals surface area contributed by atoms with Crippen LogP contribution in [-0.2, 0) is 9.53 Å². The first-order chi connectivity index (χ1) is 15.7. The summed E-state index contributed by atoms with van der Waals surface area (Å²) >= 11 is 5.84. The second kappa shape index (κ2) is 9.36. The van der Waals surface area contributed by atoms with Gasteiger partial charge in [0.05, 0.1) is 29.1 Å². The molecule has 174 valence electrons. The number of carbonyl (C=O) groups is 1. The van der Waals surface area contributed by atoms with Crippen LogP contribution < -0.4 is 14.8 Å². The van der Waals surface area contributed by atoms with Crippen LogP contribution in [0, 0.1) is 5.82 Å². The number of ether oxygens (including phenoxy) is 3. The summed E-state index contributed by atoms with van der Waals surface area (Å²) in [6.45, 7) is 0.919. The Kier molecular flexibility index (Phi) is 6.52. The van der Waals surface area contributed by atoms with Crippen molar-refractivity contribution in [2.75, 3.05) is 18.5 Å². The molecule has 33 heavy (non-hydrogen) atoms. The van der Waals surface area contributed by atoms with E-state index in [1.165, 1.54) is 36.7 Å². The number of nitrogens with zero attached hydrogens (tertiary/aromatic N) is 2. The minimum atomic E-state index is -5.17. The van der Waals surface area contributed by atoms with Crippen LogP contribution in [0.1, 0.15) is 12.8 Å². The van der Waals surface area contributed by atoms with E-state index in [0.29, 0.717) is 37.1 Å². The lowest BCUT2D eigenvalue weighted by atomic mass is 10.1. The molecule has 1 saturated heterocycles. The highest BCUT2D eigenvalue weighted by Gasteiger charge is 2.41. The van der Waals surface area contributed by atoms with Crippen molar-refractivity contribution < 1.29 is 36.6 Å². The molecule has 0 amide bonds. The number of rotatable bonds is 5. The molecule has 0 atom stereocenters. The summed E-state index contributed by atoms with van der Waals surface area (Å²) in [5.41, 5.74) is 0.571. The lowest BCUT2D eigenvalue weighted by Gasteiger charge is -2.24. The molecular formula is C21H16ClF4N3O4. The molecule has 0 aliphatic carbocycles. The molecule has 0 unspecified atom stereocenters. The van der Waals surface area contributed by atoms with Gasteiger partial charge in [0.15, 0.2) is 0 Å². The molecule has 7 nitrogen and oxygen atoms in total. The quantitative estimate of drug-likeness (QED) is 0.302. The number of nitrogens with one attached hydrogen (secondary N) is 1. The molecule has 2 aromatic carbocycles. The second-order valence-electron chi connectivity index (χ2n) is 7.11.